The fraction of sp³-hybridized carbons (Fsp3) is 0.276. The summed E-state index contributed by atoms with van der Waals surface area (Å²) in [6, 6.07) is 13.9. The number of aliphatic hydroxyl groups is 1. The van der Waals surface area contributed by atoms with E-state index in [9.17, 15) is 9.90 Å². The van der Waals surface area contributed by atoms with Gasteiger partial charge in [0.05, 0.1) is 6.04 Å². The van der Waals surface area contributed by atoms with E-state index in [1.54, 1.807) is 43.6 Å². The number of nitrogens with two attached hydrogens (primary N) is 1. The molecule has 2 aliphatic heterocycles. The molecule has 4 heterocycles. The summed E-state index contributed by atoms with van der Waals surface area (Å²) in [7, 11) is 0. The van der Waals surface area contributed by atoms with Gasteiger partial charge in [-0.3, -0.25) is 9.20 Å². The molecule has 188 valence electrons. The number of hydrogen-bond acceptors (Lipinski definition) is 5. The van der Waals surface area contributed by atoms with Crippen LogP contribution in [0.5, 0.6) is 0 Å². The van der Waals surface area contributed by atoms with Gasteiger partial charge in [-0.15, -0.1) is 0 Å². The van der Waals surface area contributed by atoms with E-state index in [2.05, 4.69) is 11.6 Å². The van der Waals surface area contributed by atoms with Crippen LogP contribution >= 0.6 is 0 Å². The Kier molecular flexibility index (Phi) is 5.38. The highest BCUT2D eigenvalue weighted by atomic mass is 19.1. The van der Waals surface area contributed by atoms with Crippen molar-refractivity contribution in [1.29, 1.82) is 0 Å². The van der Waals surface area contributed by atoms with Crippen LogP contribution in [0.4, 0.5) is 10.2 Å². The van der Waals surface area contributed by atoms with Gasteiger partial charge in [0.15, 0.2) is 0 Å². The molecule has 0 spiro atoms. The lowest BCUT2D eigenvalue weighted by Gasteiger charge is -2.36. The standard InChI is InChI=1S/C29H28FN5O2/c1-17-14-18(16-35-23(17)10-11-24(35)36)28-33-25(26-27(31)32-12-13-34(26)28)21-9-8-20(15-22(21)30)29(2,37)19-6-4-3-5-7-19/h3-9,12-13,15,18,23,37H,1,10-11,14,16H2,2H3,(H2,31,32)/t18-,23-,29?/m1/s1. The van der Waals surface area contributed by atoms with Gasteiger partial charge in [0.1, 0.15) is 34.3 Å². The fourth-order valence-electron chi connectivity index (χ4n) is 5.82. The van der Waals surface area contributed by atoms with Crippen molar-refractivity contribution in [3.63, 3.8) is 0 Å². The number of hydrogen-bond donors (Lipinski definition) is 2. The third-order valence-electron chi connectivity index (χ3n) is 7.82. The van der Waals surface area contributed by atoms with Gasteiger partial charge in [0.2, 0.25) is 5.91 Å². The highest BCUT2D eigenvalue weighted by molar-refractivity contribution is 5.86. The number of rotatable bonds is 4. The molecule has 0 bridgehead atoms. The first-order chi connectivity index (χ1) is 17.8. The van der Waals surface area contributed by atoms with Crippen molar-refractivity contribution in [3.8, 4) is 11.3 Å². The molecule has 0 radical (unpaired) electrons. The van der Waals surface area contributed by atoms with Crippen LogP contribution in [0, 0.1) is 5.82 Å². The second kappa shape index (κ2) is 8.52. The summed E-state index contributed by atoms with van der Waals surface area (Å²) in [5.74, 6) is 0.436. The molecule has 2 aromatic heterocycles. The lowest BCUT2D eigenvalue weighted by Crippen LogP contribution is -2.42. The third-order valence-corrected chi connectivity index (χ3v) is 7.82. The Morgan fingerprint density at radius 3 is 2.73 bits per heavy atom. The van der Waals surface area contributed by atoms with Crippen LogP contribution in [0.25, 0.3) is 16.8 Å². The number of amides is 1. The minimum absolute atomic E-state index is 0.0866. The molecule has 8 heteroatoms. The van der Waals surface area contributed by atoms with Crippen LogP contribution in [0.15, 0.2) is 73.1 Å². The lowest BCUT2D eigenvalue weighted by atomic mass is 9.87. The van der Waals surface area contributed by atoms with E-state index < -0.39 is 11.4 Å². The molecule has 2 saturated heterocycles. The first-order valence-corrected chi connectivity index (χ1v) is 12.4. The van der Waals surface area contributed by atoms with E-state index in [0.717, 1.165) is 12.0 Å². The molecule has 3 atom stereocenters. The number of halogens is 1. The lowest BCUT2D eigenvalue weighted by molar-refractivity contribution is -0.129. The minimum Gasteiger partial charge on any atom is -0.382 e. The Morgan fingerprint density at radius 2 is 1.97 bits per heavy atom. The number of fused-ring (bicyclic) bond motifs is 2. The molecule has 1 unspecified atom stereocenters. The first kappa shape index (κ1) is 23.4. The van der Waals surface area contributed by atoms with Gasteiger partial charge < -0.3 is 15.7 Å². The Morgan fingerprint density at radius 1 is 1.19 bits per heavy atom. The van der Waals surface area contributed by atoms with Gasteiger partial charge in [-0.25, -0.2) is 14.4 Å². The molecule has 1 amide bonds. The number of nitrogen functional groups attached to an aromatic ring is 1. The van der Waals surface area contributed by atoms with Crippen LogP contribution in [-0.4, -0.2) is 42.9 Å². The van der Waals surface area contributed by atoms with Crippen molar-refractivity contribution in [1.82, 2.24) is 19.3 Å². The molecule has 37 heavy (non-hydrogen) atoms. The molecule has 4 aromatic rings. The second-order valence-electron chi connectivity index (χ2n) is 10.1. The van der Waals surface area contributed by atoms with Gasteiger partial charge in [-0.2, -0.15) is 0 Å². The van der Waals surface area contributed by atoms with Crippen LogP contribution in [0.3, 0.4) is 0 Å². The molecule has 3 N–H and O–H groups in total. The van der Waals surface area contributed by atoms with Crippen molar-refractivity contribution >= 4 is 17.2 Å². The minimum atomic E-state index is -1.37. The zero-order valence-electron chi connectivity index (χ0n) is 20.6. The molecule has 2 fully saturated rings. The monoisotopic (exact) mass is 497 g/mol. The average molecular weight is 498 g/mol. The highest BCUT2D eigenvalue weighted by Crippen LogP contribution is 2.41. The SMILES string of the molecule is C=C1C[C@@H](c2nc(-c3ccc(C(C)(O)c4ccccc4)cc3F)c3c(N)nccn23)CN2C(=O)CC[C@H]12. The van der Waals surface area contributed by atoms with E-state index in [1.165, 1.54) is 6.07 Å². The second-order valence-corrected chi connectivity index (χ2v) is 10.1. The molecule has 2 aliphatic rings. The summed E-state index contributed by atoms with van der Waals surface area (Å²) in [5, 5.41) is 11.2. The fourth-order valence-corrected chi connectivity index (χ4v) is 5.82. The van der Waals surface area contributed by atoms with E-state index in [4.69, 9.17) is 10.7 Å². The van der Waals surface area contributed by atoms with Gasteiger partial charge >= 0.3 is 0 Å². The van der Waals surface area contributed by atoms with Crippen molar-refractivity contribution in [3.05, 3.63) is 95.8 Å². The summed E-state index contributed by atoms with van der Waals surface area (Å²) in [5.41, 5.74) is 8.17. The Labute approximate surface area is 214 Å². The maximum atomic E-state index is 15.7. The van der Waals surface area contributed by atoms with Crippen LogP contribution < -0.4 is 5.73 Å². The number of piperidine rings is 1. The predicted molar refractivity (Wildman–Crippen MR) is 139 cm³/mol. The van der Waals surface area contributed by atoms with Crippen LogP contribution in [-0.2, 0) is 10.4 Å². The first-order valence-electron chi connectivity index (χ1n) is 12.4. The van der Waals surface area contributed by atoms with Crippen LogP contribution in [0.1, 0.15) is 49.1 Å². The number of benzene rings is 2. The average Bonchev–Trinajstić information content (AvgIpc) is 3.46. The topological polar surface area (TPSA) is 96.8 Å². The maximum absolute atomic E-state index is 15.7. The summed E-state index contributed by atoms with van der Waals surface area (Å²) < 4.78 is 17.5. The Bertz CT molecular complexity index is 1540. The molecular weight excluding hydrogens is 469 g/mol. The van der Waals surface area contributed by atoms with Crippen molar-refractivity contribution in [2.24, 2.45) is 0 Å². The largest absolute Gasteiger partial charge is 0.382 e. The number of anilines is 1. The highest BCUT2D eigenvalue weighted by Gasteiger charge is 2.40. The van der Waals surface area contributed by atoms with Crippen molar-refractivity contribution in [2.45, 2.75) is 43.7 Å². The van der Waals surface area contributed by atoms with E-state index in [1.807, 2.05) is 27.5 Å². The predicted octanol–water partition coefficient (Wildman–Crippen LogP) is 4.41. The third kappa shape index (κ3) is 3.71. The number of nitrogens with zero attached hydrogens (tertiary/aromatic N) is 4. The molecule has 6 rings (SSSR count). The molecule has 7 nitrogen and oxygen atoms in total. The van der Waals surface area contributed by atoms with E-state index >= 15 is 4.39 Å². The Balaban J connectivity index is 1.44. The number of imidazole rings is 1. The summed E-state index contributed by atoms with van der Waals surface area (Å²) in [4.78, 5) is 23.5. The summed E-state index contributed by atoms with van der Waals surface area (Å²) >= 11 is 0. The number of carbonyl (C=O) groups excluding carboxylic acids is 1. The van der Waals surface area contributed by atoms with Gasteiger partial charge in [-0.05, 0) is 43.0 Å². The van der Waals surface area contributed by atoms with E-state index in [0.29, 0.717) is 47.5 Å². The maximum Gasteiger partial charge on any atom is 0.223 e. The van der Waals surface area contributed by atoms with Gasteiger partial charge in [0, 0.05) is 36.8 Å². The van der Waals surface area contributed by atoms with Crippen molar-refractivity contribution in [2.75, 3.05) is 12.3 Å². The van der Waals surface area contributed by atoms with Crippen molar-refractivity contribution < 1.29 is 14.3 Å². The van der Waals surface area contributed by atoms with Gasteiger partial charge in [0.25, 0.3) is 0 Å². The summed E-state index contributed by atoms with van der Waals surface area (Å²) in [6.45, 7) is 6.43. The normalized spacial score (nSPS) is 21.3. The number of aromatic nitrogens is 3. The molecule has 2 aromatic carbocycles. The zero-order valence-corrected chi connectivity index (χ0v) is 20.6. The Hall–Kier alpha value is -4.04. The smallest absolute Gasteiger partial charge is 0.223 e. The zero-order chi connectivity index (χ0) is 25.9. The summed E-state index contributed by atoms with van der Waals surface area (Å²) in [6.07, 6.45) is 5.39. The molecule has 0 saturated carbocycles. The van der Waals surface area contributed by atoms with E-state index in [-0.39, 0.29) is 29.2 Å². The molecular formula is C29H28FN5O2. The quantitative estimate of drug-likeness (QED) is 0.407. The van der Waals surface area contributed by atoms with Crippen LogP contribution in [0.2, 0.25) is 0 Å². The number of carbonyl (C=O) groups is 1. The molecule has 0 aliphatic carbocycles. The van der Waals surface area contributed by atoms with Gasteiger partial charge in [-0.1, -0.05) is 48.6 Å².